The molecule has 4 rings (SSSR count). The third-order valence-electron chi connectivity index (χ3n) is 4.63. The van der Waals surface area contributed by atoms with Crippen molar-refractivity contribution >= 4 is 22.3 Å². The van der Waals surface area contributed by atoms with Crippen molar-refractivity contribution in [1.82, 2.24) is 0 Å². The average molecular weight is 340 g/mol. The number of hydrogen-bond acceptors (Lipinski definition) is 2. The Balaban J connectivity index is 2.24. The summed E-state index contributed by atoms with van der Waals surface area (Å²) in [5, 5.41) is 0.265. The molecule has 0 unspecified atom stereocenters. The lowest BCUT2D eigenvalue weighted by molar-refractivity contribution is -0.136. The van der Waals surface area contributed by atoms with Crippen LogP contribution in [-0.2, 0) is 6.18 Å². The van der Waals surface area contributed by atoms with Crippen molar-refractivity contribution in [3.63, 3.8) is 0 Å². The van der Waals surface area contributed by atoms with E-state index in [2.05, 4.69) is 0 Å². The SMILES string of the molecule is Cc1c2c(c(C(F)(F)F)c3ccccc13)C(=O)c1ccccc1C2=O. The number of benzene rings is 3. The van der Waals surface area contributed by atoms with Gasteiger partial charge in [-0.05, 0) is 23.3 Å². The molecule has 2 nitrogen and oxygen atoms in total. The zero-order valence-electron chi connectivity index (χ0n) is 13.1. The molecular formula is C20H11F3O2. The van der Waals surface area contributed by atoms with E-state index in [4.69, 9.17) is 0 Å². The average Bonchev–Trinajstić information content (AvgIpc) is 2.58. The Morgan fingerprint density at radius 1 is 0.720 bits per heavy atom. The third-order valence-corrected chi connectivity index (χ3v) is 4.63. The molecule has 0 N–H and O–H groups in total. The summed E-state index contributed by atoms with van der Waals surface area (Å²) >= 11 is 0. The van der Waals surface area contributed by atoms with Crippen LogP contribution in [0.2, 0.25) is 0 Å². The maximum atomic E-state index is 13.9. The summed E-state index contributed by atoms with van der Waals surface area (Å²) in [5.41, 5.74) is -1.16. The molecule has 5 heteroatoms. The summed E-state index contributed by atoms with van der Waals surface area (Å²) in [4.78, 5) is 25.7. The third kappa shape index (κ3) is 2.05. The van der Waals surface area contributed by atoms with E-state index in [1.54, 1.807) is 25.1 Å². The molecule has 0 bridgehead atoms. The van der Waals surface area contributed by atoms with Crippen LogP contribution in [0.15, 0.2) is 48.5 Å². The quantitative estimate of drug-likeness (QED) is 0.454. The minimum absolute atomic E-state index is 0.0141. The Morgan fingerprint density at radius 2 is 1.20 bits per heavy atom. The first-order valence-corrected chi connectivity index (χ1v) is 7.63. The number of halogens is 3. The van der Waals surface area contributed by atoms with Gasteiger partial charge in [-0.25, -0.2) is 0 Å². The highest BCUT2D eigenvalue weighted by Crippen LogP contribution is 2.44. The predicted octanol–water partition coefficient (Wildman–Crippen LogP) is 4.94. The van der Waals surface area contributed by atoms with E-state index in [0.29, 0.717) is 10.9 Å². The number of rotatable bonds is 0. The number of carbonyl (C=O) groups excluding carboxylic acids is 2. The van der Waals surface area contributed by atoms with Crippen molar-refractivity contribution in [3.8, 4) is 0 Å². The first kappa shape index (κ1) is 15.6. The standard InChI is InChI=1S/C20H11F3O2/c1-10-11-6-2-3-7-12(11)17(20(21,22)23)16-15(10)18(24)13-8-4-5-9-14(13)19(16)25/h2-9H,1H3. The highest BCUT2D eigenvalue weighted by Gasteiger charge is 2.43. The van der Waals surface area contributed by atoms with Crippen molar-refractivity contribution in [2.75, 3.05) is 0 Å². The normalized spacial score (nSPS) is 13.8. The number of aryl methyl sites for hydroxylation is 1. The van der Waals surface area contributed by atoms with Gasteiger partial charge in [0.15, 0.2) is 11.6 Å². The first-order chi connectivity index (χ1) is 11.8. The number of alkyl halides is 3. The molecule has 3 aromatic carbocycles. The molecule has 1 aliphatic rings. The van der Waals surface area contributed by atoms with E-state index in [-0.39, 0.29) is 22.1 Å². The highest BCUT2D eigenvalue weighted by molar-refractivity contribution is 6.31. The number of ketones is 2. The van der Waals surface area contributed by atoms with Gasteiger partial charge in [-0.3, -0.25) is 9.59 Å². The van der Waals surface area contributed by atoms with E-state index in [1.807, 2.05) is 0 Å². The van der Waals surface area contributed by atoms with Crippen LogP contribution in [0.5, 0.6) is 0 Å². The van der Waals surface area contributed by atoms with E-state index in [1.165, 1.54) is 30.3 Å². The van der Waals surface area contributed by atoms with Crippen LogP contribution >= 0.6 is 0 Å². The summed E-state index contributed by atoms with van der Waals surface area (Å²) in [6.45, 7) is 1.58. The molecule has 0 radical (unpaired) electrons. The molecule has 0 heterocycles. The first-order valence-electron chi connectivity index (χ1n) is 7.63. The van der Waals surface area contributed by atoms with Crippen LogP contribution < -0.4 is 0 Å². The van der Waals surface area contributed by atoms with Crippen LogP contribution in [0.3, 0.4) is 0 Å². The Bertz CT molecular complexity index is 1080. The summed E-state index contributed by atoms with van der Waals surface area (Å²) in [6.07, 6.45) is -4.75. The Kier molecular flexibility index (Phi) is 3.13. The topological polar surface area (TPSA) is 34.1 Å². The molecule has 25 heavy (non-hydrogen) atoms. The van der Waals surface area contributed by atoms with Gasteiger partial charge in [0.05, 0.1) is 5.56 Å². The van der Waals surface area contributed by atoms with Gasteiger partial charge in [0.2, 0.25) is 0 Å². The van der Waals surface area contributed by atoms with Gasteiger partial charge in [-0.15, -0.1) is 0 Å². The van der Waals surface area contributed by atoms with Crippen LogP contribution in [0.4, 0.5) is 13.2 Å². The van der Waals surface area contributed by atoms with Crippen molar-refractivity contribution in [1.29, 1.82) is 0 Å². The van der Waals surface area contributed by atoms with Crippen LogP contribution in [0.25, 0.3) is 10.8 Å². The van der Waals surface area contributed by atoms with Crippen molar-refractivity contribution in [2.45, 2.75) is 13.1 Å². The smallest absolute Gasteiger partial charge is 0.289 e. The number of carbonyl (C=O) groups is 2. The van der Waals surface area contributed by atoms with E-state index < -0.39 is 28.9 Å². The van der Waals surface area contributed by atoms with E-state index >= 15 is 0 Å². The summed E-state index contributed by atoms with van der Waals surface area (Å²) in [5.74, 6) is -1.30. The maximum absolute atomic E-state index is 13.9. The van der Waals surface area contributed by atoms with Crippen LogP contribution in [0, 0.1) is 6.92 Å². The Labute approximate surface area is 140 Å². The predicted molar refractivity (Wildman–Crippen MR) is 87.0 cm³/mol. The minimum atomic E-state index is -4.75. The summed E-state index contributed by atoms with van der Waals surface area (Å²) < 4.78 is 41.6. The molecule has 0 fully saturated rings. The zero-order valence-corrected chi connectivity index (χ0v) is 13.1. The Hall–Kier alpha value is -2.95. The molecule has 0 saturated carbocycles. The molecule has 124 valence electrons. The van der Waals surface area contributed by atoms with Crippen LogP contribution in [0.1, 0.15) is 43.0 Å². The minimum Gasteiger partial charge on any atom is -0.289 e. The molecule has 0 aromatic heterocycles. The van der Waals surface area contributed by atoms with Gasteiger partial charge < -0.3 is 0 Å². The fourth-order valence-electron chi connectivity index (χ4n) is 3.56. The molecular weight excluding hydrogens is 329 g/mol. The summed E-state index contributed by atoms with van der Waals surface area (Å²) in [7, 11) is 0. The van der Waals surface area contributed by atoms with Gasteiger partial charge >= 0.3 is 6.18 Å². The van der Waals surface area contributed by atoms with Gasteiger partial charge in [0.25, 0.3) is 0 Å². The second-order valence-corrected chi connectivity index (χ2v) is 6.00. The molecule has 0 atom stereocenters. The second kappa shape index (κ2) is 5.02. The van der Waals surface area contributed by atoms with Gasteiger partial charge in [0, 0.05) is 22.3 Å². The van der Waals surface area contributed by atoms with E-state index in [9.17, 15) is 22.8 Å². The molecule has 3 aromatic rings. The fraction of sp³-hybridized carbons (Fsp3) is 0.100. The van der Waals surface area contributed by atoms with Gasteiger partial charge in [-0.1, -0.05) is 48.5 Å². The van der Waals surface area contributed by atoms with Crippen LogP contribution in [-0.4, -0.2) is 11.6 Å². The fourth-order valence-corrected chi connectivity index (χ4v) is 3.56. The lowest BCUT2D eigenvalue weighted by Crippen LogP contribution is -2.26. The largest absolute Gasteiger partial charge is 0.417 e. The highest BCUT2D eigenvalue weighted by atomic mass is 19.4. The molecule has 0 amide bonds. The number of fused-ring (bicyclic) bond motifs is 3. The van der Waals surface area contributed by atoms with Crippen molar-refractivity contribution < 1.29 is 22.8 Å². The molecule has 1 aliphatic carbocycles. The molecule has 0 saturated heterocycles. The maximum Gasteiger partial charge on any atom is 0.417 e. The van der Waals surface area contributed by atoms with E-state index in [0.717, 1.165) is 0 Å². The lowest BCUT2D eigenvalue weighted by atomic mass is 9.77. The monoisotopic (exact) mass is 340 g/mol. The zero-order chi connectivity index (χ0) is 17.9. The van der Waals surface area contributed by atoms with Crippen molar-refractivity contribution in [3.05, 3.63) is 81.9 Å². The second-order valence-electron chi connectivity index (χ2n) is 6.00. The van der Waals surface area contributed by atoms with Crippen molar-refractivity contribution in [2.24, 2.45) is 0 Å². The summed E-state index contributed by atoms with van der Waals surface area (Å²) in [6, 6.07) is 12.0. The molecule has 0 aliphatic heterocycles. The Morgan fingerprint density at radius 3 is 1.76 bits per heavy atom. The molecule has 0 spiro atoms. The van der Waals surface area contributed by atoms with Gasteiger partial charge in [-0.2, -0.15) is 13.2 Å². The van der Waals surface area contributed by atoms with Gasteiger partial charge in [0.1, 0.15) is 0 Å². The lowest BCUT2D eigenvalue weighted by Gasteiger charge is -2.25. The number of hydrogen-bond donors (Lipinski definition) is 0.